The average molecular weight is 572 g/mol. The molecule has 0 aliphatic carbocycles. The minimum Gasteiger partial charge on any atom is -0.420 e. The van der Waals surface area contributed by atoms with E-state index in [-0.39, 0.29) is 41.1 Å². The van der Waals surface area contributed by atoms with Crippen LogP contribution in [0.5, 0.6) is 0 Å². The number of nitrogens with zero attached hydrogens (tertiary/aromatic N) is 4. The highest BCUT2D eigenvalue weighted by atomic mass is 32.2. The van der Waals surface area contributed by atoms with E-state index in [1.807, 2.05) is 52.0 Å². The first-order chi connectivity index (χ1) is 18.9. The van der Waals surface area contributed by atoms with Gasteiger partial charge in [-0.2, -0.15) is 0 Å². The normalized spacial score (nSPS) is 17.6. The van der Waals surface area contributed by atoms with Crippen molar-refractivity contribution in [2.75, 3.05) is 23.8 Å². The second kappa shape index (κ2) is 11.6. The predicted molar refractivity (Wildman–Crippen MR) is 149 cm³/mol. The standard InChI is InChI=1S/C28H34FN5O5S/c1-5-19(10-11-35)31-16-28(3,4)27-33-32-25(39-27)20-12-23-24(13-21(20)29)40(37,38)15-22(30)26(36)34(23)14-18-8-6-17(2)7-9-18/h6-9,12-13,22,35H,5,10-11,14-16,30H2,1-4H3/t22-/m0/s1. The molecule has 2 aromatic carbocycles. The molecule has 0 radical (unpaired) electrons. The summed E-state index contributed by atoms with van der Waals surface area (Å²) in [6.45, 7) is 7.92. The first-order valence-corrected chi connectivity index (χ1v) is 14.7. The zero-order valence-electron chi connectivity index (χ0n) is 23.0. The molecule has 0 bridgehead atoms. The lowest BCUT2D eigenvalue weighted by Gasteiger charge is -2.24. The number of halogens is 1. The summed E-state index contributed by atoms with van der Waals surface area (Å²) >= 11 is 0. The van der Waals surface area contributed by atoms with Gasteiger partial charge in [0.05, 0.1) is 46.4 Å². The van der Waals surface area contributed by atoms with E-state index in [1.165, 1.54) is 11.0 Å². The number of anilines is 1. The van der Waals surface area contributed by atoms with E-state index < -0.39 is 38.8 Å². The Kier molecular flexibility index (Phi) is 8.52. The number of aromatic nitrogens is 2. The molecule has 3 aromatic rings. The zero-order valence-corrected chi connectivity index (χ0v) is 23.8. The first-order valence-electron chi connectivity index (χ1n) is 13.0. The molecule has 1 aliphatic heterocycles. The number of benzene rings is 2. The van der Waals surface area contributed by atoms with Crippen molar-refractivity contribution in [1.29, 1.82) is 0 Å². The Hall–Kier alpha value is -3.48. The molecule has 3 N–H and O–H groups in total. The number of aliphatic hydroxyl groups excluding tert-OH is 1. The lowest BCUT2D eigenvalue weighted by Crippen LogP contribution is -2.45. The molecule has 0 saturated carbocycles. The summed E-state index contributed by atoms with van der Waals surface area (Å²) < 4.78 is 47.6. The highest BCUT2D eigenvalue weighted by Gasteiger charge is 2.38. The van der Waals surface area contributed by atoms with Crippen LogP contribution in [0.25, 0.3) is 11.5 Å². The molecule has 0 unspecified atom stereocenters. The molecule has 12 heteroatoms. The number of fused-ring (bicyclic) bond motifs is 1. The number of amides is 1. The van der Waals surface area contributed by atoms with E-state index in [0.717, 1.165) is 22.9 Å². The molecule has 1 aliphatic rings. The van der Waals surface area contributed by atoms with Crippen LogP contribution in [-0.4, -0.2) is 60.3 Å². The Morgan fingerprint density at radius 2 is 1.95 bits per heavy atom. The van der Waals surface area contributed by atoms with Crippen LogP contribution < -0.4 is 10.6 Å². The van der Waals surface area contributed by atoms with Crippen molar-refractivity contribution in [2.24, 2.45) is 10.7 Å². The van der Waals surface area contributed by atoms with E-state index in [1.54, 1.807) is 0 Å². The van der Waals surface area contributed by atoms with Gasteiger partial charge in [-0.25, -0.2) is 12.8 Å². The van der Waals surface area contributed by atoms with Crippen molar-refractivity contribution < 1.29 is 27.1 Å². The Labute approximate surface area is 233 Å². The quantitative estimate of drug-likeness (QED) is 0.371. The molecular formula is C28H34FN5O5S. The third-order valence-corrected chi connectivity index (χ3v) is 8.65. The molecule has 0 fully saturated rings. The molecule has 2 heterocycles. The summed E-state index contributed by atoms with van der Waals surface area (Å²) in [5.74, 6) is -2.07. The predicted octanol–water partition coefficient (Wildman–Crippen LogP) is 3.34. The van der Waals surface area contributed by atoms with E-state index in [9.17, 15) is 18.3 Å². The SMILES string of the molecule is CCC(CCO)=NCC(C)(C)c1nnc(-c2cc3c(cc2F)S(=O)(=O)C[C@H](N)C(=O)N3Cc2ccc(C)cc2)o1. The Bertz CT molecular complexity index is 1530. The number of aliphatic imine (C=N–C) groups is 1. The van der Waals surface area contributed by atoms with Crippen LogP contribution in [-0.2, 0) is 26.6 Å². The number of aliphatic hydroxyl groups is 1. The average Bonchev–Trinajstić information content (AvgIpc) is 3.39. The van der Waals surface area contributed by atoms with Crippen molar-refractivity contribution in [1.82, 2.24) is 10.2 Å². The maximum Gasteiger partial charge on any atom is 0.250 e. The summed E-state index contributed by atoms with van der Waals surface area (Å²) in [5, 5.41) is 17.4. The van der Waals surface area contributed by atoms with Crippen LogP contribution in [0.3, 0.4) is 0 Å². The Morgan fingerprint density at radius 1 is 1.25 bits per heavy atom. The molecule has 0 saturated heterocycles. The number of sulfone groups is 1. The summed E-state index contributed by atoms with van der Waals surface area (Å²) in [6.07, 6.45) is 1.16. The topological polar surface area (TPSA) is 152 Å². The van der Waals surface area contributed by atoms with Crippen molar-refractivity contribution in [2.45, 2.75) is 63.4 Å². The van der Waals surface area contributed by atoms with E-state index in [2.05, 4.69) is 15.2 Å². The smallest absolute Gasteiger partial charge is 0.250 e. The minimum absolute atomic E-state index is 0.000526. The van der Waals surface area contributed by atoms with Gasteiger partial charge in [-0.1, -0.05) is 36.8 Å². The lowest BCUT2D eigenvalue weighted by molar-refractivity contribution is -0.119. The van der Waals surface area contributed by atoms with Gasteiger partial charge in [0.2, 0.25) is 11.8 Å². The molecule has 0 spiro atoms. The molecule has 1 amide bonds. The summed E-state index contributed by atoms with van der Waals surface area (Å²) in [6, 6.07) is 8.24. The van der Waals surface area contributed by atoms with Crippen molar-refractivity contribution >= 4 is 27.1 Å². The second-order valence-corrected chi connectivity index (χ2v) is 12.6. The lowest BCUT2D eigenvalue weighted by atomic mass is 9.93. The van der Waals surface area contributed by atoms with E-state index in [0.29, 0.717) is 19.4 Å². The van der Waals surface area contributed by atoms with Crippen LogP contribution >= 0.6 is 0 Å². The Balaban J connectivity index is 1.77. The summed E-state index contributed by atoms with van der Waals surface area (Å²) in [5.41, 5.74) is 7.77. The van der Waals surface area contributed by atoms with Gasteiger partial charge in [0.1, 0.15) is 5.82 Å². The number of carbonyl (C=O) groups excluding carboxylic acids is 1. The number of nitrogens with two attached hydrogens (primary N) is 1. The van der Waals surface area contributed by atoms with Gasteiger partial charge >= 0.3 is 0 Å². The highest BCUT2D eigenvalue weighted by molar-refractivity contribution is 7.91. The molecule has 4 rings (SSSR count). The minimum atomic E-state index is -4.08. The maximum absolute atomic E-state index is 15.4. The number of hydrogen-bond acceptors (Lipinski definition) is 9. The fourth-order valence-corrected chi connectivity index (χ4v) is 5.97. The fraction of sp³-hybridized carbons (Fsp3) is 0.429. The third kappa shape index (κ3) is 6.13. The van der Waals surface area contributed by atoms with E-state index >= 15 is 4.39 Å². The molecule has 1 atom stereocenters. The van der Waals surface area contributed by atoms with E-state index in [4.69, 9.17) is 10.2 Å². The Morgan fingerprint density at radius 3 is 2.60 bits per heavy atom. The molecule has 10 nitrogen and oxygen atoms in total. The van der Waals surface area contributed by atoms with Crippen LogP contribution in [0.15, 0.2) is 50.7 Å². The van der Waals surface area contributed by atoms with Gasteiger partial charge in [-0.3, -0.25) is 9.79 Å². The maximum atomic E-state index is 15.4. The first kappa shape index (κ1) is 29.5. The number of rotatable bonds is 9. The molecule has 1 aromatic heterocycles. The number of aryl methyl sites for hydroxylation is 1. The fourth-order valence-electron chi connectivity index (χ4n) is 4.40. The van der Waals surface area contributed by atoms with Crippen LogP contribution in [0, 0.1) is 12.7 Å². The second-order valence-electron chi connectivity index (χ2n) is 10.6. The van der Waals surface area contributed by atoms with Crippen LogP contribution in [0.1, 0.15) is 50.6 Å². The van der Waals surface area contributed by atoms with Gasteiger partial charge in [-0.15, -0.1) is 10.2 Å². The molecular weight excluding hydrogens is 537 g/mol. The third-order valence-electron chi connectivity index (χ3n) is 6.86. The van der Waals surface area contributed by atoms with Crippen molar-refractivity contribution in [3.05, 3.63) is 59.2 Å². The van der Waals surface area contributed by atoms with Gasteiger partial charge in [0.15, 0.2) is 9.84 Å². The zero-order chi connectivity index (χ0) is 29.2. The summed E-state index contributed by atoms with van der Waals surface area (Å²) in [4.78, 5) is 18.8. The monoisotopic (exact) mass is 571 g/mol. The van der Waals surface area contributed by atoms with Crippen LogP contribution in [0.4, 0.5) is 10.1 Å². The summed E-state index contributed by atoms with van der Waals surface area (Å²) in [7, 11) is -4.08. The van der Waals surface area contributed by atoms with Gasteiger partial charge in [0.25, 0.3) is 5.89 Å². The van der Waals surface area contributed by atoms with Gasteiger partial charge < -0.3 is 20.2 Å². The molecule has 40 heavy (non-hydrogen) atoms. The van der Waals surface area contributed by atoms with Crippen molar-refractivity contribution in [3.63, 3.8) is 0 Å². The highest BCUT2D eigenvalue weighted by Crippen LogP contribution is 2.37. The number of carbonyl (C=O) groups is 1. The van der Waals surface area contributed by atoms with Gasteiger partial charge in [-0.05, 0) is 44.9 Å². The molecule has 214 valence electrons. The van der Waals surface area contributed by atoms with Gasteiger partial charge in [0, 0.05) is 18.7 Å². The van der Waals surface area contributed by atoms with Crippen molar-refractivity contribution in [3.8, 4) is 11.5 Å². The van der Waals surface area contributed by atoms with Crippen LogP contribution in [0.2, 0.25) is 0 Å². The number of hydrogen-bond donors (Lipinski definition) is 2. The largest absolute Gasteiger partial charge is 0.420 e.